The quantitative estimate of drug-likeness (QED) is 0.292. The highest BCUT2D eigenvalue weighted by molar-refractivity contribution is 5.56. The highest BCUT2D eigenvalue weighted by atomic mass is 16.5. The molecule has 0 radical (unpaired) electrons. The van der Waals surface area contributed by atoms with E-state index in [0.29, 0.717) is 17.1 Å². The van der Waals surface area contributed by atoms with Gasteiger partial charge in [-0.25, -0.2) is 4.79 Å². The molecule has 0 spiro atoms. The van der Waals surface area contributed by atoms with Crippen LogP contribution in [0.25, 0.3) is 0 Å². The van der Waals surface area contributed by atoms with Crippen molar-refractivity contribution < 1.29 is 24.4 Å². The first-order valence-electron chi connectivity index (χ1n) is 12.9. The number of aliphatic hydroxyl groups excluding tert-OH is 1. The molecule has 40 heavy (non-hydrogen) atoms. The Balaban J connectivity index is 1.81. The van der Waals surface area contributed by atoms with Crippen molar-refractivity contribution in [1.29, 1.82) is 0 Å². The molecular formula is C31H32N2O7. The van der Waals surface area contributed by atoms with Crippen LogP contribution in [0.15, 0.2) is 94.6 Å². The first-order chi connectivity index (χ1) is 19.3. The maximum absolute atomic E-state index is 13.0. The number of aryl methyl sites for hydroxylation is 1. The summed E-state index contributed by atoms with van der Waals surface area (Å²) < 4.78 is 18.3. The molecule has 1 aromatic heterocycles. The Bertz CT molecular complexity index is 1530. The van der Waals surface area contributed by atoms with Crippen LogP contribution in [0.4, 0.5) is 0 Å². The zero-order valence-electron chi connectivity index (χ0n) is 22.5. The van der Waals surface area contributed by atoms with E-state index in [9.17, 15) is 19.8 Å². The van der Waals surface area contributed by atoms with Crippen LogP contribution in [0.5, 0.6) is 11.5 Å². The molecule has 3 atom stereocenters. The fourth-order valence-corrected chi connectivity index (χ4v) is 5.92. The minimum Gasteiger partial charge on any atom is -0.497 e. The number of nitrogens with zero attached hydrogens (tertiary/aromatic N) is 1. The number of H-pyrrole nitrogens is 1. The summed E-state index contributed by atoms with van der Waals surface area (Å²) in [6, 6.07) is 24.3. The summed E-state index contributed by atoms with van der Waals surface area (Å²) >= 11 is 0. The molecule has 1 saturated heterocycles. The summed E-state index contributed by atoms with van der Waals surface area (Å²) in [7, 11) is 3.16. The van der Waals surface area contributed by atoms with Crippen molar-refractivity contribution in [2.75, 3.05) is 20.8 Å². The van der Waals surface area contributed by atoms with Crippen molar-refractivity contribution >= 4 is 0 Å². The van der Waals surface area contributed by atoms with Gasteiger partial charge in [0.2, 0.25) is 0 Å². The van der Waals surface area contributed by atoms with Gasteiger partial charge in [-0.15, -0.1) is 0 Å². The fourth-order valence-electron chi connectivity index (χ4n) is 5.92. The van der Waals surface area contributed by atoms with Gasteiger partial charge in [-0.05, 0) is 47.9 Å². The van der Waals surface area contributed by atoms with Crippen molar-refractivity contribution in [3.63, 3.8) is 0 Å². The van der Waals surface area contributed by atoms with E-state index in [4.69, 9.17) is 14.2 Å². The SMILES string of the molecule is COc1ccc(C(c2ccccc2)(c2ccc(OC)cc2)[C@]2(O)C[C@H](n3cc(C)c(=O)[nH]c3=O)O[C@@H]2CO)cc1. The van der Waals surface area contributed by atoms with Gasteiger partial charge in [-0.1, -0.05) is 54.6 Å². The van der Waals surface area contributed by atoms with Crippen LogP contribution in [-0.4, -0.2) is 52.3 Å². The standard InChI is InChI=1S/C31H32N2O7/c1-20-18-33(29(36)32-28(20)35)27-17-30(37,26(19-34)40-27)31(21-7-5-4-6-8-21,22-9-13-24(38-2)14-10-22)23-11-15-25(39-3)16-12-23/h4-16,18,26-27,34,37H,17,19H2,1-3H3,(H,32,35,36)/t26-,27-,30+/m1/s1. The summed E-state index contributed by atoms with van der Waals surface area (Å²) in [6.07, 6.45) is -0.737. The Labute approximate surface area is 231 Å². The maximum atomic E-state index is 13.0. The van der Waals surface area contributed by atoms with E-state index in [-0.39, 0.29) is 6.42 Å². The third-order valence-electron chi connectivity index (χ3n) is 7.86. The summed E-state index contributed by atoms with van der Waals surface area (Å²) in [5.74, 6) is 1.28. The third kappa shape index (κ3) is 4.32. The minimum absolute atomic E-state index is 0.0728. The van der Waals surface area contributed by atoms with Crippen LogP contribution in [0.2, 0.25) is 0 Å². The van der Waals surface area contributed by atoms with E-state index in [2.05, 4.69) is 4.98 Å². The van der Waals surface area contributed by atoms with Crippen molar-refractivity contribution in [2.24, 2.45) is 0 Å². The molecule has 2 heterocycles. The molecule has 208 valence electrons. The molecule has 0 saturated carbocycles. The molecule has 3 aromatic carbocycles. The van der Waals surface area contributed by atoms with Gasteiger partial charge in [0, 0.05) is 18.2 Å². The second-order valence-electron chi connectivity index (χ2n) is 9.94. The molecular weight excluding hydrogens is 512 g/mol. The second kappa shape index (κ2) is 10.8. The molecule has 0 amide bonds. The van der Waals surface area contributed by atoms with Crippen molar-refractivity contribution in [3.8, 4) is 11.5 Å². The van der Waals surface area contributed by atoms with E-state index < -0.39 is 41.2 Å². The van der Waals surface area contributed by atoms with Crippen LogP contribution < -0.4 is 20.7 Å². The van der Waals surface area contributed by atoms with E-state index in [1.165, 1.54) is 10.8 Å². The molecule has 0 aliphatic carbocycles. The van der Waals surface area contributed by atoms with Gasteiger partial charge in [0.15, 0.2) is 0 Å². The van der Waals surface area contributed by atoms with Crippen LogP contribution in [0.3, 0.4) is 0 Å². The molecule has 3 N–H and O–H groups in total. The maximum Gasteiger partial charge on any atom is 0.330 e. The summed E-state index contributed by atoms with van der Waals surface area (Å²) in [5.41, 5.74) is -1.71. The number of benzene rings is 3. The zero-order chi connectivity index (χ0) is 28.5. The van der Waals surface area contributed by atoms with Gasteiger partial charge in [0.05, 0.1) is 26.2 Å². The number of rotatable bonds is 8. The van der Waals surface area contributed by atoms with Crippen LogP contribution >= 0.6 is 0 Å². The number of hydrogen-bond acceptors (Lipinski definition) is 7. The molecule has 4 aromatic rings. The lowest BCUT2D eigenvalue weighted by atomic mass is 9.57. The van der Waals surface area contributed by atoms with E-state index >= 15 is 0 Å². The summed E-state index contributed by atoms with van der Waals surface area (Å²) in [6.45, 7) is 1.06. The van der Waals surface area contributed by atoms with Crippen molar-refractivity contribution in [2.45, 2.75) is 36.7 Å². The number of aromatic nitrogens is 2. The average molecular weight is 545 g/mol. The minimum atomic E-state index is -1.78. The van der Waals surface area contributed by atoms with Gasteiger partial charge >= 0.3 is 5.69 Å². The largest absolute Gasteiger partial charge is 0.497 e. The third-order valence-corrected chi connectivity index (χ3v) is 7.86. The Kier molecular flexibility index (Phi) is 7.37. The summed E-state index contributed by atoms with van der Waals surface area (Å²) in [5, 5.41) is 23.6. The lowest BCUT2D eigenvalue weighted by Crippen LogP contribution is -2.59. The lowest BCUT2D eigenvalue weighted by Gasteiger charge is -2.48. The van der Waals surface area contributed by atoms with E-state index in [1.807, 2.05) is 78.9 Å². The van der Waals surface area contributed by atoms with Gasteiger partial charge < -0.3 is 24.4 Å². The van der Waals surface area contributed by atoms with Gasteiger partial charge in [-0.3, -0.25) is 14.3 Å². The van der Waals surface area contributed by atoms with E-state index in [1.54, 1.807) is 21.1 Å². The normalized spacial score (nSPS) is 20.8. The first-order valence-corrected chi connectivity index (χ1v) is 12.9. The lowest BCUT2D eigenvalue weighted by molar-refractivity contribution is -0.102. The molecule has 9 heteroatoms. The predicted octanol–water partition coefficient (Wildman–Crippen LogP) is 2.91. The fraction of sp³-hybridized carbons (Fsp3) is 0.290. The number of ether oxygens (including phenoxy) is 3. The number of nitrogens with one attached hydrogen (secondary N) is 1. The molecule has 0 unspecified atom stereocenters. The Hall–Kier alpha value is -4.18. The molecule has 1 aliphatic rings. The van der Waals surface area contributed by atoms with Crippen LogP contribution in [-0.2, 0) is 10.2 Å². The number of methoxy groups -OCH3 is 2. The number of hydrogen-bond donors (Lipinski definition) is 3. The Morgan fingerprint density at radius 3 is 1.95 bits per heavy atom. The van der Waals surface area contributed by atoms with Crippen LogP contribution in [0.1, 0.15) is 34.9 Å². The highest BCUT2D eigenvalue weighted by Crippen LogP contribution is 2.55. The molecule has 1 aliphatic heterocycles. The monoisotopic (exact) mass is 544 g/mol. The Morgan fingerprint density at radius 1 is 0.925 bits per heavy atom. The average Bonchev–Trinajstić information content (AvgIpc) is 3.33. The number of aliphatic hydroxyl groups is 2. The highest BCUT2D eigenvalue weighted by Gasteiger charge is 2.63. The molecule has 9 nitrogen and oxygen atoms in total. The predicted molar refractivity (Wildman–Crippen MR) is 149 cm³/mol. The summed E-state index contributed by atoms with van der Waals surface area (Å²) in [4.78, 5) is 27.2. The first kappa shape index (κ1) is 27.4. The van der Waals surface area contributed by atoms with Gasteiger partial charge in [-0.2, -0.15) is 0 Å². The Morgan fingerprint density at radius 2 is 1.45 bits per heavy atom. The zero-order valence-corrected chi connectivity index (χ0v) is 22.5. The molecule has 0 bridgehead atoms. The topological polar surface area (TPSA) is 123 Å². The van der Waals surface area contributed by atoms with Crippen LogP contribution in [0, 0.1) is 6.92 Å². The second-order valence-corrected chi connectivity index (χ2v) is 9.94. The smallest absolute Gasteiger partial charge is 0.330 e. The number of aromatic amines is 1. The van der Waals surface area contributed by atoms with E-state index in [0.717, 1.165) is 16.7 Å². The molecule has 5 rings (SSSR count). The molecule has 1 fully saturated rings. The van der Waals surface area contributed by atoms with Crippen molar-refractivity contribution in [1.82, 2.24) is 9.55 Å². The van der Waals surface area contributed by atoms with Gasteiger partial charge in [0.25, 0.3) is 5.56 Å². The van der Waals surface area contributed by atoms with Gasteiger partial charge in [0.1, 0.15) is 29.4 Å². The van der Waals surface area contributed by atoms with Crippen molar-refractivity contribution in [3.05, 3.63) is 128 Å².